The van der Waals surface area contributed by atoms with Gasteiger partial charge in [-0.1, -0.05) is 6.42 Å². The van der Waals surface area contributed by atoms with Gasteiger partial charge in [-0.25, -0.2) is 0 Å². The molecule has 1 saturated carbocycles. The Bertz CT molecular complexity index is 126. The van der Waals surface area contributed by atoms with Crippen LogP contribution in [0, 0.1) is 5.41 Å². The van der Waals surface area contributed by atoms with Crippen LogP contribution in [0.3, 0.4) is 0 Å². The summed E-state index contributed by atoms with van der Waals surface area (Å²) in [5.41, 5.74) is 6.48. The molecule has 1 spiro atoms. The molecule has 68 valence electrons. The van der Waals surface area contributed by atoms with E-state index in [0.29, 0.717) is 11.5 Å². The van der Waals surface area contributed by atoms with Crippen LogP contribution in [-0.4, -0.2) is 19.1 Å². The van der Waals surface area contributed by atoms with Crippen molar-refractivity contribution < 1.29 is 0 Å². The minimum absolute atomic E-state index is 0. The second kappa shape index (κ2) is 3.94. The van der Waals surface area contributed by atoms with Crippen LogP contribution in [0.15, 0.2) is 0 Å². The normalized spacial score (nSPS) is 31.9. The zero-order valence-corrected chi connectivity index (χ0v) is 8.14. The maximum atomic E-state index is 5.94. The van der Waals surface area contributed by atoms with E-state index in [2.05, 4.69) is 5.32 Å². The molecule has 1 saturated heterocycles. The third-order valence-electron chi connectivity index (χ3n) is 2.93. The zero-order valence-electron chi connectivity index (χ0n) is 6.51. The average molecular weight is 199 g/mol. The second-order valence-corrected chi connectivity index (χ2v) is 3.46. The van der Waals surface area contributed by atoms with Crippen LogP contribution in [-0.2, 0) is 0 Å². The van der Waals surface area contributed by atoms with Gasteiger partial charge in [0, 0.05) is 24.5 Å². The first-order chi connectivity index (χ1) is 4.33. The first-order valence-corrected chi connectivity index (χ1v) is 3.80. The summed E-state index contributed by atoms with van der Waals surface area (Å²) in [6.45, 7) is 2.35. The third-order valence-corrected chi connectivity index (χ3v) is 2.93. The lowest BCUT2D eigenvalue weighted by Gasteiger charge is -2.42. The smallest absolute Gasteiger partial charge is 0.0120 e. The molecule has 0 bridgehead atoms. The Morgan fingerprint density at radius 3 is 2.09 bits per heavy atom. The fraction of sp³-hybridized carbons (Fsp3) is 1.00. The predicted octanol–water partition coefficient (Wildman–Crippen LogP) is 0.931. The Labute approximate surface area is 80.1 Å². The highest BCUT2D eigenvalue weighted by Gasteiger charge is 2.45. The Hall–Kier alpha value is 0.500. The molecule has 4 heteroatoms. The molecule has 1 aliphatic carbocycles. The molecular weight excluding hydrogens is 183 g/mol. The summed E-state index contributed by atoms with van der Waals surface area (Å²) in [6, 6.07) is 0.499. The standard InChI is InChI=1S/C7H14N2.2ClH/c8-6-2-1-3-7(6)4-9-5-7;;/h6,9H,1-5,8H2;2*1H. The van der Waals surface area contributed by atoms with E-state index in [9.17, 15) is 0 Å². The minimum atomic E-state index is 0. The monoisotopic (exact) mass is 198 g/mol. The molecule has 1 unspecified atom stereocenters. The Morgan fingerprint density at radius 2 is 1.91 bits per heavy atom. The number of rotatable bonds is 0. The molecule has 0 amide bonds. The second-order valence-electron chi connectivity index (χ2n) is 3.46. The lowest BCUT2D eigenvalue weighted by atomic mass is 9.77. The number of nitrogens with two attached hydrogens (primary N) is 1. The van der Waals surface area contributed by atoms with Crippen LogP contribution in [0.4, 0.5) is 0 Å². The van der Waals surface area contributed by atoms with Gasteiger partial charge in [0.25, 0.3) is 0 Å². The maximum Gasteiger partial charge on any atom is 0.0120 e. The van der Waals surface area contributed by atoms with E-state index in [0.717, 1.165) is 0 Å². The van der Waals surface area contributed by atoms with Crippen LogP contribution < -0.4 is 11.1 Å². The molecule has 1 heterocycles. The first kappa shape index (κ1) is 11.5. The van der Waals surface area contributed by atoms with E-state index >= 15 is 0 Å². The number of hydrogen-bond acceptors (Lipinski definition) is 2. The van der Waals surface area contributed by atoms with Gasteiger partial charge >= 0.3 is 0 Å². The van der Waals surface area contributed by atoms with Crippen molar-refractivity contribution in [3.05, 3.63) is 0 Å². The van der Waals surface area contributed by atoms with Crippen molar-refractivity contribution >= 4 is 24.8 Å². The summed E-state index contributed by atoms with van der Waals surface area (Å²) in [5, 5.41) is 3.29. The van der Waals surface area contributed by atoms with E-state index in [1.54, 1.807) is 0 Å². The highest BCUT2D eigenvalue weighted by atomic mass is 35.5. The maximum absolute atomic E-state index is 5.94. The van der Waals surface area contributed by atoms with Gasteiger partial charge in [0.1, 0.15) is 0 Å². The van der Waals surface area contributed by atoms with Gasteiger partial charge < -0.3 is 11.1 Å². The molecule has 3 N–H and O–H groups in total. The van der Waals surface area contributed by atoms with Crippen molar-refractivity contribution in [1.29, 1.82) is 0 Å². The zero-order chi connectivity index (χ0) is 6.32. The highest BCUT2D eigenvalue weighted by molar-refractivity contribution is 5.85. The molecule has 2 fully saturated rings. The largest absolute Gasteiger partial charge is 0.327 e. The molecule has 2 aliphatic rings. The summed E-state index contributed by atoms with van der Waals surface area (Å²) in [7, 11) is 0. The van der Waals surface area contributed by atoms with E-state index in [-0.39, 0.29) is 24.8 Å². The van der Waals surface area contributed by atoms with Gasteiger partial charge in [-0.05, 0) is 12.8 Å². The van der Waals surface area contributed by atoms with Crippen LogP contribution in [0.5, 0.6) is 0 Å². The molecule has 2 rings (SSSR count). The van der Waals surface area contributed by atoms with Crippen molar-refractivity contribution in [2.75, 3.05) is 13.1 Å². The van der Waals surface area contributed by atoms with Crippen molar-refractivity contribution in [2.45, 2.75) is 25.3 Å². The molecule has 0 aromatic carbocycles. The first-order valence-electron chi connectivity index (χ1n) is 3.80. The SMILES string of the molecule is Cl.Cl.NC1CCCC12CNC2. The van der Waals surface area contributed by atoms with Crippen molar-refractivity contribution in [1.82, 2.24) is 5.32 Å². The molecule has 1 aliphatic heterocycles. The summed E-state index contributed by atoms with van der Waals surface area (Å²) in [6.07, 6.45) is 3.96. The molecule has 2 nitrogen and oxygen atoms in total. The lowest BCUT2D eigenvalue weighted by Crippen LogP contribution is -2.59. The molecule has 1 atom stereocenters. The molecule has 0 radical (unpaired) electrons. The van der Waals surface area contributed by atoms with E-state index in [1.807, 2.05) is 0 Å². The van der Waals surface area contributed by atoms with E-state index in [1.165, 1.54) is 32.4 Å². The van der Waals surface area contributed by atoms with Gasteiger partial charge in [0.2, 0.25) is 0 Å². The van der Waals surface area contributed by atoms with E-state index in [4.69, 9.17) is 5.73 Å². The molecule has 0 aromatic heterocycles. The van der Waals surface area contributed by atoms with Crippen molar-refractivity contribution in [3.8, 4) is 0 Å². The average Bonchev–Trinajstić information content (AvgIpc) is 2.07. The molecule has 11 heavy (non-hydrogen) atoms. The van der Waals surface area contributed by atoms with Crippen LogP contribution in [0.2, 0.25) is 0 Å². The Balaban J connectivity index is 0.000000500. The number of hydrogen-bond donors (Lipinski definition) is 2. The Morgan fingerprint density at radius 1 is 1.27 bits per heavy atom. The summed E-state index contributed by atoms with van der Waals surface area (Å²) in [4.78, 5) is 0. The predicted molar refractivity (Wildman–Crippen MR) is 51.6 cm³/mol. The number of halogens is 2. The number of nitrogens with one attached hydrogen (secondary N) is 1. The highest BCUT2D eigenvalue weighted by Crippen LogP contribution is 2.39. The molecular formula is C7H16Cl2N2. The van der Waals surface area contributed by atoms with Crippen LogP contribution in [0.1, 0.15) is 19.3 Å². The quantitative estimate of drug-likeness (QED) is 0.609. The fourth-order valence-corrected chi connectivity index (χ4v) is 2.05. The lowest BCUT2D eigenvalue weighted by molar-refractivity contribution is 0.153. The topological polar surface area (TPSA) is 38.0 Å². The minimum Gasteiger partial charge on any atom is -0.327 e. The van der Waals surface area contributed by atoms with Gasteiger partial charge in [-0.3, -0.25) is 0 Å². The van der Waals surface area contributed by atoms with Gasteiger partial charge in [0.15, 0.2) is 0 Å². The van der Waals surface area contributed by atoms with Gasteiger partial charge in [0.05, 0.1) is 0 Å². The van der Waals surface area contributed by atoms with Gasteiger partial charge in [-0.2, -0.15) is 0 Å². The van der Waals surface area contributed by atoms with E-state index < -0.39 is 0 Å². The van der Waals surface area contributed by atoms with Crippen LogP contribution >= 0.6 is 24.8 Å². The summed E-state index contributed by atoms with van der Waals surface area (Å²) >= 11 is 0. The van der Waals surface area contributed by atoms with Gasteiger partial charge in [-0.15, -0.1) is 24.8 Å². The van der Waals surface area contributed by atoms with Crippen molar-refractivity contribution in [3.63, 3.8) is 0 Å². The third kappa shape index (κ3) is 1.64. The van der Waals surface area contributed by atoms with Crippen LogP contribution in [0.25, 0.3) is 0 Å². The van der Waals surface area contributed by atoms with Crippen molar-refractivity contribution in [2.24, 2.45) is 11.1 Å². The summed E-state index contributed by atoms with van der Waals surface area (Å²) < 4.78 is 0. The summed E-state index contributed by atoms with van der Waals surface area (Å²) in [5.74, 6) is 0. The fourth-order valence-electron chi connectivity index (χ4n) is 2.05. The Kier molecular flexibility index (Phi) is 4.12. The molecule has 0 aromatic rings.